The molecule has 1 aliphatic rings. The van der Waals surface area contributed by atoms with Gasteiger partial charge in [0.25, 0.3) is 11.8 Å². The third-order valence-corrected chi connectivity index (χ3v) is 2.98. The summed E-state index contributed by atoms with van der Waals surface area (Å²) in [6.45, 7) is 0. The van der Waals surface area contributed by atoms with E-state index in [4.69, 9.17) is 5.53 Å². The standard InChI is InChI=1S/C10H6N4O4S/c11-13-12-7-5-6(19(17)18)1-2-8(7)14-9(15)3-4-10(14)16/h1-5H,(H,17,18)/p-1. The lowest BCUT2D eigenvalue weighted by Gasteiger charge is -2.17. The van der Waals surface area contributed by atoms with Crippen LogP contribution < -0.4 is 4.90 Å². The SMILES string of the molecule is [N-]=[N+]=Nc1cc(S(=O)[O-])ccc1N1C(=O)C=CC1=O. The van der Waals surface area contributed by atoms with Crippen LogP contribution in [0.25, 0.3) is 10.4 Å². The molecule has 1 aromatic rings. The van der Waals surface area contributed by atoms with E-state index >= 15 is 0 Å². The molecule has 9 heteroatoms. The smallest absolute Gasteiger partial charge is 0.258 e. The number of benzene rings is 1. The zero-order valence-electron chi connectivity index (χ0n) is 9.22. The lowest BCUT2D eigenvalue weighted by atomic mass is 10.2. The van der Waals surface area contributed by atoms with Crippen LogP contribution in [0.5, 0.6) is 0 Å². The van der Waals surface area contributed by atoms with E-state index in [1.807, 2.05) is 0 Å². The molecule has 0 bridgehead atoms. The summed E-state index contributed by atoms with van der Waals surface area (Å²) in [7, 11) is 0. The van der Waals surface area contributed by atoms with Gasteiger partial charge in [-0.3, -0.25) is 13.8 Å². The Morgan fingerprint density at radius 3 is 2.42 bits per heavy atom. The summed E-state index contributed by atoms with van der Waals surface area (Å²) < 4.78 is 21.6. The maximum absolute atomic E-state index is 11.5. The summed E-state index contributed by atoms with van der Waals surface area (Å²) in [5.41, 5.74) is 8.37. The highest BCUT2D eigenvalue weighted by molar-refractivity contribution is 7.79. The minimum atomic E-state index is -2.51. The first-order chi connectivity index (χ1) is 9.04. The Balaban J connectivity index is 2.57. The molecule has 1 atom stereocenters. The van der Waals surface area contributed by atoms with Crippen LogP contribution in [0.4, 0.5) is 11.4 Å². The van der Waals surface area contributed by atoms with Crippen LogP contribution in [0.1, 0.15) is 0 Å². The number of azide groups is 1. The minimum absolute atomic E-state index is 0.0343. The van der Waals surface area contributed by atoms with Crippen LogP contribution in [0.2, 0.25) is 0 Å². The number of hydrogen-bond donors (Lipinski definition) is 0. The van der Waals surface area contributed by atoms with Gasteiger partial charge in [-0.1, -0.05) is 5.11 Å². The molecule has 0 aliphatic carbocycles. The second-order valence-corrected chi connectivity index (χ2v) is 4.36. The zero-order valence-corrected chi connectivity index (χ0v) is 10.0. The number of rotatable bonds is 3. The number of carbonyl (C=O) groups excluding carboxylic acids is 2. The van der Waals surface area contributed by atoms with Crippen molar-refractivity contribution in [3.8, 4) is 0 Å². The fraction of sp³-hybridized carbons (Fsp3) is 0. The van der Waals surface area contributed by atoms with Crippen molar-refractivity contribution in [2.45, 2.75) is 4.90 Å². The number of nitrogens with zero attached hydrogens (tertiary/aromatic N) is 4. The summed E-state index contributed by atoms with van der Waals surface area (Å²) >= 11 is -2.51. The number of anilines is 1. The molecule has 0 N–H and O–H groups in total. The zero-order chi connectivity index (χ0) is 14.0. The van der Waals surface area contributed by atoms with Gasteiger partial charge in [0.1, 0.15) is 0 Å². The predicted octanol–water partition coefficient (Wildman–Crippen LogP) is 1.30. The highest BCUT2D eigenvalue weighted by Crippen LogP contribution is 2.32. The maximum atomic E-state index is 11.5. The van der Waals surface area contributed by atoms with Crippen molar-refractivity contribution in [2.24, 2.45) is 5.11 Å². The molecule has 1 aliphatic heterocycles. The molecule has 1 unspecified atom stereocenters. The molecule has 2 amide bonds. The molecule has 96 valence electrons. The van der Waals surface area contributed by atoms with E-state index in [0.717, 1.165) is 23.1 Å². The minimum Gasteiger partial charge on any atom is -0.768 e. The Morgan fingerprint density at radius 1 is 1.26 bits per heavy atom. The molecule has 1 aromatic carbocycles. The average molecular weight is 277 g/mol. The monoisotopic (exact) mass is 277 g/mol. The molecule has 0 aromatic heterocycles. The Kier molecular flexibility index (Phi) is 3.43. The molecule has 19 heavy (non-hydrogen) atoms. The molecule has 0 saturated carbocycles. The summed E-state index contributed by atoms with van der Waals surface area (Å²) in [6.07, 6.45) is 2.14. The lowest BCUT2D eigenvalue weighted by molar-refractivity contribution is -0.119. The fourth-order valence-electron chi connectivity index (χ4n) is 1.56. The van der Waals surface area contributed by atoms with Crippen LogP contribution in [0.3, 0.4) is 0 Å². The molecular formula is C10H5N4O4S-. The largest absolute Gasteiger partial charge is 0.768 e. The fourth-order valence-corrected chi connectivity index (χ4v) is 1.95. The summed E-state index contributed by atoms with van der Waals surface area (Å²) in [6, 6.07) is 3.52. The summed E-state index contributed by atoms with van der Waals surface area (Å²) in [5, 5.41) is 3.30. The van der Waals surface area contributed by atoms with Crippen LogP contribution in [-0.4, -0.2) is 20.6 Å². The second kappa shape index (κ2) is 5.02. The van der Waals surface area contributed by atoms with Crippen LogP contribution >= 0.6 is 0 Å². The van der Waals surface area contributed by atoms with Crippen molar-refractivity contribution < 1.29 is 18.4 Å². The molecule has 0 fully saturated rings. The van der Waals surface area contributed by atoms with E-state index in [1.54, 1.807) is 0 Å². The van der Waals surface area contributed by atoms with Gasteiger partial charge in [-0.2, -0.15) is 0 Å². The highest BCUT2D eigenvalue weighted by atomic mass is 32.2. The first-order valence-electron chi connectivity index (χ1n) is 4.89. The van der Waals surface area contributed by atoms with Crippen LogP contribution in [0.15, 0.2) is 40.4 Å². The topological polar surface area (TPSA) is 126 Å². The van der Waals surface area contributed by atoms with Gasteiger partial charge in [0.15, 0.2) is 0 Å². The van der Waals surface area contributed by atoms with E-state index in [1.165, 1.54) is 12.1 Å². The van der Waals surface area contributed by atoms with Gasteiger partial charge in [0, 0.05) is 22.0 Å². The highest BCUT2D eigenvalue weighted by Gasteiger charge is 2.27. The molecule has 2 rings (SSSR count). The normalized spacial score (nSPS) is 15.5. The van der Waals surface area contributed by atoms with Gasteiger partial charge in [0.05, 0.1) is 11.4 Å². The third-order valence-electron chi connectivity index (χ3n) is 2.34. The van der Waals surface area contributed by atoms with Crippen molar-refractivity contribution in [2.75, 3.05) is 4.90 Å². The van der Waals surface area contributed by atoms with Crippen molar-refractivity contribution in [1.29, 1.82) is 0 Å². The molecule has 0 saturated heterocycles. The Labute approximate surface area is 109 Å². The van der Waals surface area contributed by atoms with Gasteiger partial charge in [0.2, 0.25) is 0 Å². The van der Waals surface area contributed by atoms with E-state index in [9.17, 15) is 18.4 Å². The number of carbonyl (C=O) groups is 2. The predicted molar refractivity (Wildman–Crippen MR) is 64.1 cm³/mol. The van der Waals surface area contributed by atoms with Crippen molar-refractivity contribution in [3.05, 3.63) is 40.8 Å². The Hall–Kier alpha value is -2.48. The molecule has 0 radical (unpaired) electrons. The maximum Gasteiger partial charge on any atom is 0.258 e. The quantitative estimate of drug-likeness (QED) is 0.271. The van der Waals surface area contributed by atoms with E-state index in [2.05, 4.69) is 10.0 Å². The second-order valence-electron chi connectivity index (χ2n) is 3.42. The first kappa shape index (κ1) is 13.0. The van der Waals surface area contributed by atoms with Gasteiger partial charge in [-0.25, -0.2) is 4.90 Å². The van der Waals surface area contributed by atoms with Gasteiger partial charge >= 0.3 is 0 Å². The van der Waals surface area contributed by atoms with E-state index < -0.39 is 22.9 Å². The van der Waals surface area contributed by atoms with E-state index in [-0.39, 0.29) is 16.3 Å². The van der Waals surface area contributed by atoms with Crippen LogP contribution in [0, 0.1) is 0 Å². The van der Waals surface area contributed by atoms with Crippen molar-refractivity contribution in [3.63, 3.8) is 0 Å². The summed E-state index contributed by atoms with van der Waals surface area (Å²) in [4.78, 5) is 26.3. The molecular weight excluding hydrogens is 272 g/mol. The van der Waals surface area contributed by atoms with Crippen molar-refractivity contribution >= 4 is 34.3 Å². The van der Waals surface area contributed by atoms with Gasteiger partial charge in [-0.05, 0) is 34.8 Å². The lowest BCUT2D eigenvalue weighted by Crippen LogP contribution is -2.29. The Morgan fingerprint density at radius 2 is 1.89 bits per heavy atom. The van der Waals surface area contributed by atoms with Gasteiger partial charge < -0.3 is 4.55 Å². The third kappa shape index (κ3) is 2.38. The number of amides is 2. The molecule has 0 spiro atoms. The summed E-state index contributed by atoms with van der Waals surface area (Å²) in [5.74, 6) is -1.18. The molecule has 8 nitrogen and oxygen atoms in total. The average Bonchev–Trinajstić information content (AvgIpc) is 2.70. The van der Waals surface area contributed by atoms with Crippen molar-refractivity contribution in [1.82, 2.24) is 0 Å². The van der Waals surface area contributed by atoms with E-state index in [0.29, 0.717) is 0 Å². The number of imide groups is 1. The Bertz CT molecular complexity index is 660. The molecule has 1 heterocycles. The first-order valence-corrected chi connectivity index (χ1v) is 5.96. The van der Waals surface area contributed by atoms with Crippen LogP contribution in [-0.2, 0) is 20.7 Å². The van der Waals surface area contributed by atoms with Gasteiger partial charge in [-0.15, -0.1) is 0 Å². The number of hydrogen-bond acceptors (Lipinski definition) is 5.